The smallest absolute Gasteiger partial charge is 0.161 e. The first kappa shape index (κ1) is 14.1. The van der Waals surface area contributed by atoms with Crippen molar-refractivity contribution in [2.24, 2.45) is 0 Å². The third-order valence-corrected chi connectivity index (χ3v) is 4.12. The number of benzene rings is 1. The molecule has 1 aromatic rings. The van der Waals surface area contributed by atoms with E-state index < -0.39 is 0 Å². The number of Topliss-reactive ketones (excluding diaryl/α,β-unsaturated/α-hetero) is 1. The number of para-hydroxylation sites is 1. The summed E-state index contributed by atoms with van der Waals surface area (Å²) in [6.07, 6.45) is 1.19. The first-order chi connectivity index (χ1) is 9.17. The van der Waals surface area contributed by atoms with Gasteiger partial charge in [-0.25, -0.2) is 0 Å². The van der Waals surface area contributed by atoms with E-state index in [0.717, 1.165) is 37.4 Å². The van der Waals surface area contributed by atoms with Gasteiger partial charge in [0, 0.05) is 30.4 Å². The van der Waals surface area contributed by atoms with Crippen LogP contribution in [-0.2, 0) is 0 Å². The highest BCUT2D eigenvalue weighted by Crippen LogP contribution is 2.26. The molecule has 1 heterocycles. The number of carbonyl (C=O) groups excluding carboxylic acids is 1. The Labute approximate surface area is 116 Å². The van der Waals surface area contributed by atoms with E-state index in [2.05, 4.69) is 29.7 Å². The Hall–Kier alpha value is -1.35. The molecule has 0 spiro atoms. The first-order valence-electron chi connectivity index (χ1n) is 7.26. The van der Waals surface area contributed by atoms with Gasteiger partial charge in [-0.15, -0.1) is 0 Å². The quantitative estimate of drug-likeness (QED) is 0.761. The summed E-state index contributed by atoms with van der Waals surface area (Å²) in [7, 11) is 0. The van der Waals surface area contributed by atoms with Crippen LogP contribution in [0, 0.1) is 0 Å². The van der Waals surface area contributed by atoms with E-state index in [1.165, 1.54) is 6.42 Å². The minimum absolute atomic E-state index is 0.155. The third kappa shape index (κ3) is 2.98. The molecule has 0 amide bonds. The highest BCUT2D eigenvalue weighted by molar-refractivity contribution is 5.99. The summed E-state index contributed by atoms with van der Waals surface area (Å²) in [6, 6.07) is 8.59. The van der Waals surface area contributed by atoms with E-state index in [4.69, 9.17) is 0 Å². The lowest BCUT2D eigenvalue weighted by Gasteiger charge is -2.27. The maximum atomic E-state index is 11.7. The Morgan fingerprint density at radius 2 is 2.00 bits per heavy atom. The predicted octanol–water partition coefficient (Wildman–Crippen LogP) is 2.81. The first-order valence-corrected chi connectivity index (χ1v) is 7.26. The molecule has 0 aliphatic carbocycles. The highest BCUT2D eigenvalue weighted by atomic mass is 16.1. The van der Waals surface area contributed by atoms with E-state index in [0.29, 0.717) is 6.04 Å². The van der Waals surface area contributed by atoms with Gasteiger partial charge < -0.3 is 4.90 Å². The molecular formula is C16H24N2O. The molecule has 0 saturated carbocycles. The molecule has 1 aromatic carbocycles. The Bertz CT molecular complexity index is 440. The highest BCUT2D eigenvalue weighted by Gasteiger charge is 2.27. The molecule has 0 aromatic heterocycles. The zero-order chi connectivity index (χ0) is 13.8. The van der Waals surface area contributed by atoms with E-state index >= 15 is 0 Å². The summed E-state index contributed by atoms with van der Waals surface area (Å²) in [5, 5.41) is 0. The van der Waals surface area contributed by atoms with Gasteiger partial charge in [0.1, 0.15) is 0 Å². The van der Waals surface area contributed by atoms with Crippen LogP contribution in [0.3, 0.4) is 0 Å². The number of ketones is 1. The van der Waals surface area contributed by atoms with Gasteiger partial charge >= 0.3 is 0 Å². The van der Waals surface area contributed by atoms with Gasteiger partial charge in [0.05, 0.1) is 0 Å². The fraction of sp³-hybridized carbons (Fsp3) is 0.562. The molecule has 3 heteroatoms. The maximum Gasteiger partial charge on any atom is 0.161 e. The zero-order valence-electron chi connectivity index (χ0n) is 12.2. The number of hydrogen-bond acceptors (Lipinski definition) is 3. The lowest BCUT2D eigenvalue weighted by atomic mass is 10.1. The topological polar surface area (TPSA) is 23.6 Å². The summed E-state index contributed by atoms with van der Waals surface area (Å²) < 4.78 is 0. The molecule has 1 fully saturated rings. The minimum Gasteiger partial charge on any atom is -0.369 e. The Morgan fingerprint density at radius 1 is 1.32 bits per heavy atom. The molecule has 1 aliphatic rings. The normalized spacial score (nSPS) is 19.2. The van der Waals surface area contributed by atoms with Gasteiger partial charge in [-0.3, -0.25) is 9.69 Å². The SMILES string of the molecule is CCN(CC)C1CCN(c2ccccc2C(C)=O)C1. The molecule has 3 nitrogen and oxygen atoms in total. The molecule has 19 heavy (non-hydrogen) atoms. The summed E-state index contributed by atoms with van der Waals surface area (Å²) in [5.74, 6) is 0.155. The van der Waals surface area contributed by atoms with Crippen LogP contribution < -0.4 is 4.90 Å². The molecule has 1 saturated heterocycles. The van der Waals surface area contributed by atoms with Crippen molar-refractivity contribution in [3.63, 3.8) is 0 Å². The van der Waals surface area contributed by atoms with Crippen molar-refractivity contribution in [1.29, 1.82) is 0 Å². The van der Waals surface area contributed by atoms with E-state index in [9.17, 15) is 4.79 Å². The summed E-state index contributed by atoms with van der Waals surface area (Å²) in [4.78, 5) is 16.6. The predicted molar refractivity (Wildman–Crippen MR) is 80.0 cm³/mol. The average molecular weight is 260 g/mol. The summed E-state index contributed by atoms with van der Waals surface area (Å²) >= 11 is 0. The standard InChI is InChI=1S/C16H24N2O/c1-4-17(5-2)14-10-11-18(12-14)16-9-7-6-8-15(16)13(3)19/h6-9,14H,4-5,10-12H2,1-3H3. The van der Waals surface area contributed by atoms with E-state index in [-0.39, 0.29) is 5.78 Å². The lowest BCUT2D eigenvalue weighted by Crippen LogP contribution is -2.37. The van der Waals surface area contributed by atoms with Crippen molar-refractivity contribution in [3.8, 4) is 0 Å². The van der Waals surface area contributed by atoms with Crippen LogP contribution in [0.5, 0.6) is 0 Å². The third-order valence-electron chi connectivity index (χ3n) is 4.12. The molecule has 2 rings (SSSR count). The van der Waals surface area contributed by atoms with Crippen LogP contribution in [-0.4, -0.2) is 42.9 Å². The monoisotopic (exact) mass is 260 g/mol. The number of likely N-dealkylation sites (N-methyl/N-ethyl adjacent to an activating group) is 1. The maximum absolute atomic E-state index is 11.7. The Kier molecular flexibility index (Phi) is 4.59. The average Bonchev–Trinajstić information content (AvgIpc) is 2.89. The summed E-state index contributed by atoms with van der Waals surface area (Å²) in [5.41, 5.74) is 1.95. The second-order valence-corrected chi connectivity index (χ2v) is 5.18. The fourth-order valence-corrected chi connectivity index (χ4v) is 3.05. The van der Waals surface area contributed by atoms with Crippen LogP contribution in [0.15, 0.2) is 24.3 Å². The zero-order valence-corrected chi connectivity index (χ0v) is 12.2. The number of carbonyl (C=O) groups is 1. The number of anilines is 1. The minimum atomic E-state index is 0.155. The molecule has 0 bridgehead atoms. The van der Waals surface area contributed by atoms with Crippen molar-refractivity contribution in [2.75, 3.05) is 31.1 Å². The van der Waals surface area contributed by atoms with Gasteiger partial charge in [-0.2, -0.15) is 0 Å². The van der Waals surface area contributed by atoms with Gasteiger partial charge in [0.2, 0.25) is 0 Å². The van der Waals surface area contributed by atoms with Gasteiger partial charge in [0.25, 0.3) is 0 Å². The Balaban J connectivity index is 2.15. The van der Waals surface area contributed by atoms with Crippen LogP contribution in [0.2, 0.25) is 0 Å². The molecule has 0 N–H and O–H groups in total. The number of rotatable bonds is 5. The summed E-state index contributed by atoms with van der Waals surface area (Å²) in [6.45, 7) is 10.4. The molecule has 0 radical (unpaired) electrons. The fourth-order valence-electron chi connectivity index (χ4n) is 3.05. The second kappa shape index (κ2) is 6.20. The van der Waals surface area contributed by atoms with E-state index in [1.807, 2.05) is 18.2 Å². The van der Waals surface area contributed by atoms with E-state index in [1.54, 1.807) is 6.92 Å². The molecular weight excluding hydrogens is 236 g/mol. The van der Waals surface area contributed by atoms with Crippen molar-refractivity contribution in [1.82, 2.24) is 4.90 Å². The molecule has 1 unspecified atom stereocenters. The van der Waals surface area contributed by atoms with Crippen LogP contribution in [0.4, 0.5) is 5.69 Å². The number of hydrogen-bond donors (Lipinski definition) is 0. The number of nitrogens with zero attached hydrogens (tertiary/aromatic N) is 2. The molecule has 104 valence electrons. The largest absolute Gasteiger partial charge is 0.369 e. The van der Waals surface area contributed by atoms with Crippen molar-refractivity contribution >= 4 is 11.5 Å². The molecule has 1 atom stereocenters. The van der Waals surface area contributed by atoms with Crippen LogP contribution >= 0.6 is 0 Å². The van der Waals surface area contributed by atoms with Crippen molar-refractivity contribution in [3.05, 3.63) is 29.8 Å². The van der Waals surface area contributed by atoms with Gasteiger partial charge in [0.15, 0.2) is 5.78 Å². The van der Waals surface area contributed by atoms with Gasteiger partial charge in [-0.1, -0.05) is 26.0 Å². The van der Waals surface area contributed by atoms with Gasteiger partial charge in [-0.05, 0) is 38.6 Å². The van der Waals surface area contributed by atoms with Crippen molar-refractivity contribution in [2.45, 2.75) is 33.2 Å². The Morgan fingerprint density at radius 3 is 2.63 bits per heavy atom. The lowest BCUT2D eigenvalue weighted by molar-refractivity contribution is 0.101. The van der Waals surface area contributed by atoms with Crippen molar-refractivity contribution < 1.29 is 4.79 Å². The molecule has 1 aliphatic heterocycles. The van der Waals surface area contributed by atoms with Crippen LogP contribution in [0.1, 0.15) is 37.6 Å². The van der Waals surface area contributed by atoms with Crippen LogP contribution in [0.25, 0.3) is 0 Å². The second-order valence-electron chi connectivity index (χ2n) is 5.18.